The topological polar surface area (TPSA) is 88.1 Å². The van der Waals surface area contributed by atoms with Crippen molar-refractivity contribution >= 4 is 17.7 Å². The van der Waals surface area contributed by atoms with Gasteiger partial charge in [-0.05, 0) is 58.8 Å². The molecule has 2 rings (SSSR count). The average molecular weight is 477 g/mol. The van der Waals surface area contributed by atoms with E-state index < -0.39 is 41.8 Å². The summed E-state index contributed by atoms with van der Waals surface area (Å²) in [6.07, 6.45) is 19.0. The number of Topliss-reactive ketones (excluding diaryl/α,β-unsaturated/α-hetero) is 1. The molecular formula is C27H40O7. The van der Waals surface area contributed by atoms with Gasteiger partial charge < -0.3 is 18.9 Å². The summed E-state index contributed by atoms with van der Waals surface area (Å²) in [4.78, 5) is 36.6. The summed E-state index contributed by atoms with van der Waals surface area (Å²) in [5.74, 6) is -2.86. The first-order chi connectivity index (χ1) is 16.3. The van der Waals surface area contributed by atoms with E-state index in [1.807, 2.05) is 0 Å². The minimum Gasteiger partial charge on any atom is -0.448 e. The predicted molar refractivity (Wildman–Crippen MR) is 129 cm³/mol. The van der Waals surface area contributed by atoms with Crippen molar-refractivity contribution in [2.24, 2.45) is 0 Å². The molecule has 2 fully saturated rings. The van der Waals surface area contributed by atoms with E-state index in [2.05, 4.69) is 43.4 Å². The molecule has 3 atom stereocenters. The van der Waals surface area contributed by atoms with Crippen molar-refractivity contribution < 1.29 is 33.3 Å². The second-order valence-corrected chi connectivity index (χ2v) is 9.12. The highest BCUT2D eigenvalue weighted by Gasteiger charge is 2.53. The number of ketones is 1. The van der Waals surface area contributed by atoms with Crippen molar-refractivity contribution in [2.75, 3.05) is 6.61 Å². The molecule has 2 saturated heterocycles. The van der Waals surface area contributed by atoms with Gasteiger partial charge in [-0.25, -0.2) is 4.79 Å². The molecule has 190 valence electrons. The Morgan fingerprint density at radius 3 is 2.18 bits per heavy atom. The van der Waals surface area contributed by atoms with Crippen molar-refractivity contribution in [3.63, 3.8) is 0 Å². The van der Waals surface area contributed by atoms with Gasteiger partial charge in [-0.2, -0.15) is 0 Å². The van der Waals surface area contributed by atoms with Crippen LogP contribution in [0.15, 0.2) is 36.5 Å². The Morgan fingerprint density at radius 2 is 1.59 bits per heavy atom. The van der Waals surface area contributed by atoms with E-state index in [1.165, 1.54) is 25.7 Å². The highest BCUT2D eigenvalue weighted by molar-refractivity contribution is 6.10. The van der Waals surface area contributed by atoms with Gasteiger partial charge in [0.05, 0.1) is 6.61 Å². The molecule has 0 amide bonds. The lowest BCUT2D eigenvalue weighted by molar-refractivity contribution is -0.166. The van der Waals surface area contributed by atoms with Crippen molar-refractivity contribution in [3.8, 4) is 0 Å². The van der Waals surface area contributed by atoms with E-state index in [1.54, 1.807) is 13.8 Å². The molecule has 0 N–H and O–H groups in total. The summed E-state index contributed by atoms with van der Waals surface area (Å²) in [7, 11) is 0. The molecule has 2 aliphatic heterocycles. The maximum absolute atomic E-state index is 12.5. The number of hydrogen-bond donors (Lipinski definition) is 0. The number of hydrogen-bond acceptors (Lipinski definition) is 7. The fourth-order valence-electron chi connectivity index (χ4n) is 3.75. The van der Waals surface area contributed by atoms with Crippen LogP contribution in [0.25, 0.3) is 0 Å². The minimum atomic E-state index is -1.51. The zero-order valence-electron chi connectivity index (χ0n) is 20.8. The van der Waals surface area contributed by atoms with Crippen LogP contribution >= 0.6 is 0 Å². The maximum Gasteiger partial charge on any atom is 0.356 e. The second kappa shape index (κ2) is 14.9. The lowest BCUT2D eigenvalue weighted by Crippen LogP contribution is -2.38. The Hall–Kier alpha value is -2.25. The Balaban J connectivity index is 1.54. The molecule has 3 unspecified atom stereocenters. The fraction of sp³-hybridized carbons (Fsp3) is 0.667. The number of carbonyl (C=O) groups excluding carboxylic acids is 3. The maximum atomic E-state index is 12.5. The van der Waals surface area contributed by atoms with Gasteiger partial charge in [0.25, 0.3) is 6.10 Å². The summed E-state index contributed by atoms with van der Waals surface area (Å²) in [6.45, 7) is 5.78. The van der Waals surface area contributed by atoms with Gasteiger partial charge in [0.15, 0.2) is 11.9 Å². The fourth-order valence-corrected chi connectivity index (χ4v) is 3.75. The van der Waals surface area contributed by atoms with Crippen molar-refractivity contribution in [1.82, 2.24) is 0 Å². The third kappa shape index (κ3) is 9.94. The first-order valence-electron chi connectivity index (χ1n) is 12.5. The Labute approximate surface area is 203 Å². The number of carbonyl (C=O) groups is 3. The largest absolute Gasteiger partial charge is 0.448 e. The van der Waals surface area contributed by atoms with E-state index in [0.717, 1.165) is 25.7 Å². The predicted octanol–water partition coefficient (Wildman–Crippen LogP) is 5.13. The summed E-state index contributed by atoms with van der Waals surface area (Å²) in [5, 5.41) is 0. The van der Waals surface area contributed by atoms with Gasteiger partial charge in [-0.15, -0.1) is 0 Å². The van der Waals surface area contributed by atoms with Crippen LogP contribution in [-0.2, 0) is 33.3 Å². The number of esters is 2. The second-order valence-electron chi connectivity index (χ2n) is 9.12. The highest BCUT2D eigenvalue weighted by Crippen LogP contribution is 2.29. The number of cyclic esters (lactones) is 1. The number of unbranched alkanes of at least 4 members (excludes halogenated alkanes) is 5. The molecule has 0 spiro atoms. The number of rotatable bonds is 15. The molecule has 7 nitrogen and oxygen atoms in total. The van der Waals surface area contributed by atoms with E-state index in [9.17, 15) is 14.4 Å². The van der Waals surface area contributed by atoms with Crippen LogP contribution in [0.3, 0.4) is 0 Å². The number of ether oxygens (including phenoxy) is 4. The van der Waals surface area contributed by atoms with Gasteiger partial charge in [0.1, 0.15) is 6.10 Å². The van der Waals surface area contributed by atoms with Crippen molar-refractivity contribution in [1.29, 1.82) is 0 Å². The number of allylic oxidation sites excluding steroid dienone is 6. The van der Waals surface area contributed by atoms with E-state index >= 15 is 0 Å². The lowest BCUT2D eigenvalue weighted by atomic mass is 10.1. The van der Waals surface area contributed by atoms with Crippen molar-refractivity contribution in [2.45, 2.75) is 109 Å². The summed E-state index contributed by atoms with van der Waals surface area (Å²) in [5.41, 5.74) is 0. The van der Waals surface area contributed by atoms with E-state index in [-0.39, 0.29) is 13.0 Å². The lowest BCUT2D eigenvalue weighted by Gasteiger charge is -2.19. The van der Waals surface area contributed by atoms with Crippen LogP contribution < -0.4 is 0 Å². The van der Waals surface area contributed by atoms with Gasteiger partial charge >= 0.3 is 11.9 Å². The quantitative estimate of drug-likeness (QED) is 0.140. The van der Waals surface area contributed by atoms with Crippen LogP contribution in [0, 0.1) is 0 Å². The molecule has 34 heavy (non-hydrogen) atoms. The molecule has 0 saturated carbocycles. The smallest absolute Gasteiger partial charge is 0.356 e. The van der Waals surface area contributed by atoms with E-state index in [4.69, 9.17) is 18.9 Å². The molecule has 0 aromatic rings. The summed E-state index contributed by atoms with van der Waals surface area (Å²) < 4.78 is 21.2. The summed E-state index contributed by atoms with van der Waals surface area (Å²) >= 11 is 0. The Kier molecular flexibility index (Phi) is 12.3. The zero-order chi connectivity index (χ0) is 24.8. The molecule has 0 aromatic carbocycles. The molecule has 0 bridgehead atoms. The molecule has 0 aromatic heterocycles. The van der Waals surface area contributed by atoms with Crippen LogP contribution in [0.5, 0.6) is 0 Å². The molecule has 0 aliphatic carbocycles. The average Bonchev–Trinajstić information content (AvgIpc) is 3.29. The third-order valence-corrected chi connectivity index (χ3v) is 5.63. The first kappa shape index (κ1) is 28.0. The van der Waals surface area contributed by atoms with Crippen LogP contribution in [0.1, 0.15) is 85.0 Å². The molecular weight excluding hydrogens is 436 g/mol. The molecule has 2 heterocycles. The van der Waals surface area contributed by atoms with E-state index in [0.29, 0.717) is 6.42 Å². The van der Waals surface area contributed by atoms with Gasteiger partial charge in [-0.3, -0.25) is 9.59 Å². The highest BCUT2D eigenvalue weighted by atomic mass is 16.8. The Bertz CT molecular complexity index is 750. The van der Waals surface area contributed by atoms with Crippen LogP contribution in [0.2, 0.25) is 0 Å². The monoisotopic (exact) mass is 476 g/mol. The minimum absolute atomic E-state index is 0.136. The normalized spacial score (nSPS) is 24.6. The zero-order valence-corrected chi connectivity index (χ0v) is 20.8. The first-order valence-corrected chi connectivity index (χ1v) is 12.5. The van der Waals surface area contributed by atoms with Crippen molar-refractivity contribution in [3.05, 3.63) is 36.5 Å². The molecule has 2 aliphatic rings. The van der Waals surface area contributed by atoms with Gasteiger partial charge in [0, 0.05) is 6.42 Å². The summed E-state index contributed by atoms with van der Waals surface area (Å²) in [6, 6.07) is 0. The molecule has 7 heteroatoms. The van der Waals surface area contributed by atoms with Gasteiger partial charge in [-0.1, -0.05) is 56.2 Å². The molecule has 0 radical (unpaired) electrons. The standard InChI is InChI=1S/C27H40O7/c1-4-5-6-7-8-9-10-11-12-13-14-15-16-17-18-19-22(28)32-25-23(29)24(33-26(25)30)21-20-31-27(2,3)34-21/h8-9,11-12,14-15,21,24-25H,4-7,10,13,16-20H2,1-3H3. The van der Waals surface area contributed by atoms with Crippen LogP contribution in [0.4, 0.5) is 0 Å². The third-order valence-electron chi connectivity index (χ3n) is 5.63. The Morgan fingerprint density at radius 1 is 0.971 bits per heavy atom. The van der Waals surface area contributed by atoms with Crippen LogP contribution in [-0.4, -0.2) is 48.4 Å². The van der Waals surface area contributed by atoms with Gasteiger partial charge in [0.2, 0.25) is 5.78 Å². The SMILES string of the molecule is CCCCCC=CCC=CCC=CCCCCC(=O)OC1C(=O)OC(C2COC(C)(C)O2)C1=O.